The highest BCUT2D eigenvalue weighted by molar-refractivity contribution is 5.94. The van der Waals surface area contributed by atoms with E-state index in [0.29, 0.717) is 30.9 Å². The Kier molecular flexibility index (Phi) is 6.35. The molecule has 1 aromatic carbocycles. The van der Waals surface area contributed by atoms with E-state index in [9.17, 15) is 4.79 Å². The number of methoxy groups -OCH3 is 1. The smallest absolute Gasteiger partial charge is 0.252 e. The number of aromatic nitrogens is 2. The summed E-state index contributed by atoms with van der Waals surface area (Å²) >= 11 is 0. The zero-order chi connectivity index (χ0) is 18.9. The Morgan fingerprint density at radius 2 is 1.96 bits per heavy atom. The van der Waals surface area contributed by atoms with Crippen LogP contribution in [0.1, 0.15) is 21.5 Å². The highest BCUT2D eigenvalue weighted by Gasteiger charge is 2.07. The van der Waals surface area contributed by atoms with Crippen LogP contribution in [-0.2, 0) is 13.0 Å². The van der Waals surface area contributed by atoms with Crippen LogP contribution < -0.4 is 15.4 Å². The van der Waals surface area contributed by atoms with Gasteiger partial charge < -0.3 is 15.4 Å². The van der Waals surface area contributed by atoms with Gasteiger partial charge in [0.2, 0.25) is 0 Å². The van der Waals surface area contributed by atoms with E-state index in [4.69, 9.17) is 4.74 Å². The lowest BCUT2D eigenvalue weighted by Crippen LogP contribution is -2.25. The maximum Gasteiger partial charge on any atom is 0.252 e. The van der Waals surface area contributed by atoms with Crippen molar-refractivity contribution in [1.29, 1.82) is 0 Å². The summed E-state index contributed by atoms with van der Waals surface area (Å²) in [5.74, 6) is 1.40. The lowest BCUT2D eigenvalue weighted by atomic mass is 10.1. The molecule has 0 bridgehead atoms. The molecule has 2 N–H and O–H groups in total. The summed E-state index contributed by atoms with van der Waals surface area (Å²) in [6, 6.07) is 15.2. The van der Waals surface area contributed by atoms with Crippen molar-refractivity contribution >= 4 is 11.7 Å². The van der Waals surface area contributed by atoms with E-state index in [0.717, 1.165) is 16.9 Å². The monoisotopic (exact) mass is 362 g/mol. The SMILES string of the molecule is COc1ccccc1CCNC(=O)c1ccc(NCc2cccnc2)nc1. The Hall–Kier alpha value is -3.41. The van der Waals surface area contributed by atoms with Crippen molar-refractivity contribution in [2.45, 2.75) is 13.0 Å². The zero-order valence-corrected chi connectivity index (χ0v) is 15.2. The van der Waals surface area contributed by atoms with Gasteiger partial charge in [0.05, 0.1) is 12.7 Å². The van der Waals surface area contributed by atoms with Gasteiger partial charge in [-0.3, -0.25) is 9.78 Å². The number of hydrogen-bond donors (Lipinski definition) is 2. The van der Waals surface area contributed by atoms with Crippen molar-refractivity contribution in [3.8, 4) is 5.75 Å². The van der Waals surface area contributed by atoms with E-state index < -0.39 is 0 Å². The number of rotatable bonds is 8. The van der Waals surface area contributed by atoms with Gasteiger partial charge in [0.25, 0.3) is 5.91 Å². The number of anilines is 1. The number of hydrogen-bond acceptors (Lipinski definition) is 5. The van der Waals surface area contributed by atoms with Crippen molar-refractivity contribution < 1.29 is 9.53 Å². The number of amides is 1. The molecule has 1 amide bonds. The molecule has 0 aliphatic rings. The molecule has 0 radical (unpaired) electrons. The molecule has 3 rings (SSSR count). The Bertz CT molecular complexity index is 867. The molecule has 6 nitrogen and oxygen atoms in total. The third kappa shape index (κ3) is 5.28. The van der Waals surface area contributed by atoms with Crippen LogP contribution in [0.4, 0.5) is 5.82 Å². The molecule has 0 fully saturated rings. The average molecular weight is 362 g/mol. The molecule has 0 aliphatic heterocycles. The van der Waals surface area contributed by atoms with E-state index in [2.05, 4.69) is 20.6 Å². The predicted molar refractivity (Wildman–Crippen MR) is 105 cm³/mol. The summed E-state index contributed by atoms with van der Waals surface area (Å²) < 4.78 is 5.32. The number of para-hydroxylation sites is 1. The molecule has 0 saturated carbocycles. The Morgan fingerprint density at radius 3 is 2.70 bits per heavy atom. The molecule has 3 aromatic rings. The Labute approximate surface area is 158 Å². The van der Waals surface area contributed by atoms with Crippen LogP contribution in [0.25, 0.3) is 0 Å². The quantitative estimate of drug-likeness (QED) is 0.644. The van der Waals surface area contributed by atoms with Crippen LogP contribution in [0.15, 0.2) is 67.1 Å². The molecule has 0 unspecified atom stereocenters. The van der Waals surface area contributed by atoms with Crippen LogP contribution in [-0.4, -0.2) is 29.5 Å². The van der Waals surface area contributed by atoms with Crippen molar-refractivity contribution in [2.24, 2.45) is 0 Å². The fourth-order valence-electron chi connectivity index (χ4n) is 2.65. The van der Waals surface area contributed by atoms with Gasteiger partial charge in [0.1, 0.15) is 11.6 Å². The standard InChI is InChI=1S/C21H22N4O2/c1-27-19-7-3-2-6-17(19)10-12-23-21(26)18-8-9-20(25-15-18)24-14-16-5-4-11-22-13-16/h2-9,11,13,15H,10,12,14H2,1H3,(H,23,26)(H,24,25). The Balaban J connectivity index is 1.48. The molecule has 0 aliphatic carbocycles. The third-order valence-corrected chi connectivity index (χ3v) is 4.09. The number of carbonyl (C=O) groups excluding carboxylic acids is 1. The largest absolute Gasteiger partial charge is 0.496 e. The molecule has 2 aromatic heterocycles. The second kappa shape index (κ2) is 9.33. The molecule has 2 heterocycles. The van der Waals surface area contributed by atoms with Gasteiger partial charge in [0.15, 0.2) is 0 Å². The van der Waals surface area contributed by atoms with E-state index >= 15 is 0 Å². The van der Waals surface area contributed by atoms with Crippen LogP contribution in [0.3, 0.4) is 0 Å². The normalized spacial score (nSPS) is 10.3. The molecule has 138 valence electrons. The molecule has 0 spiro atoms. The molecule has 0 atom stereocenters. The topological polar surface area (TPSA) is 76.1 Å². The molecular weight excluding hydrogens is 340 g/mol. The van der Waals surface area contributed by atoms with E-state index in [-0.39, 0.29) is 5.91 Å². The fraction of sp³-hybridized carbons (Fsp3) is 0.190. The minimum atomic E-state index is -0.142. The number of nitrogens with one attached hydrogen (secondary N) is 2. The molecule has 6 heteroatoms. The highest BCUT2D eigenvalue weighted by atomic mass is 16.5. The van der Waals surface area contributed by atoms with Crippen molar-refractivity contribution in [2.75, 3.05) is 19.0 Å². The third-order valence-electron chi connectivity index (χ3n) is 4.09. The number of pyridine rings is 2. The van der Waals surface area contributed by atoms with Crippen molar-refractivity contribution in [3.05, 3.63) is 83.8 Å². The average Bonchev–Trinajstić information content (AvgIpc) is 2.73. The first kappa shape index (κ1) is 18.4. The van der Waals surface area contributed by atoms with Crippen LogP contribution >= 0.6 is 0 Å². The number of carbonyl (C=O) groups is 1. The van der Waals surface area contributed by atoms with Crippen LogP contribution in [0.2, 0.25) is 0 Å². The van der Waals surface area contributed by atoms with Gasteiger partial charge in [0, 0.05) is 31.7 Å². The van der Waals surface area contributed by atoms with Gasteiger partial charge in [-0.1, -0.05) is 24.3 Å². The summed E-state index contributed by atoms with van der Waals surface area (Å²) in [5.41, 5.74) is 2.66. The van der Waals surface area contributed by atoms with Gasteiger partial charge in [-0.2, -0.15) is 0 Å². The lowest BCUT2D eigenvalue weighted by molar-refractivity contribution is 0.0953. The summed E-state index contributed by atoms with van der Waals surface area (Å²) in [7, 11) is 1.65. The summed E-state index contributed by atoms with van der Waals surface area (Å²) in [6.07, 6.45) is 5.82. The minimum absolute atomic E-state index is 0.142. The van der Waals surface area contributed by atoms with E-state index in [1.807, 2.05) is 36.4 Å². The summed E-state index contributed by atoms with van der Waals surface area (Å²) in [5, 5.41) is 6.12. The van der Waals surface area contributed by atoms with Gasteiger partial charge in [-0.25, -0.2) is 4.98 Å². The fourth-order valence-corrected chi connectivity index (χ4v) is 2.65. The minimum Gasteiger partial charge on any atom is -0.496 e. The zero-order valence-electron chi connectivity index (χ0n) is 15.2. The predicted octanol–water partition coefficient (Wildman–Crippen LogP) is 3.07. The lowest BCUT2D eigenvalue weighted by Gasteiger charge is -2.09. The number of ether oxygens (including phenoxy) is 1. The summed E-state index contributed by atoms with van der Waals surface area (Å²) in [6.45, 7) is 1.16. The Morgan fingerprint density at radius 1 is 1.07 bits per heavy atom. The first-order valence-electron chi connectivity index (χ1n) is 8.75. The van der Waals surface area contributed by atoms with Crippen LogP contribution in [0, 0.1) is 0 Å². The second-order valence-corrected chi connectivity index (χ2v) is 5.96. The van der Waals surface area contributed by atoms with Crippen molar-refractivity contribution in [1.82, 2.24) is 15.3 Å². The summed E-state index contributed by atoms with van der Waals surface area (Å²) in [4.78, 5) is 20.6. The first-order chi connectivity index (χ1) is 13.3. The van der Waals surface area contributed by atoms with E-state index in [1.165, 1.54) is 0 Å². The maximum atomic E-state index is 12.3. The maximum absolute atomic E-state index is 12.3. The molecular formula is C21H22N4O2. The van der Waals surface area contributed by atoms with Crippen LogP contribution in [0.5, 0.6) is 5.75 Å². The van der Waals surface area contributed by atoms with Gasteiger partial charge in [-0.15, -0.1) is 0 Å². The van der Waals surface area contributed by atoms with Gasteiger partial charge in [-0.05, 0) is 41.8 Å². The number of benzene rings is 1. The second-order valence-electron chi connectivity index (χ2n) is 5.96. The molecule has 0 saturated heterocycles. The number of nitrogens with zero attached hydrogens (tertiary/aromatic N) is 2. The van der Waals surface area contributed by atoms with Crippen molar-refractivity contribution in [3.63, 3.8) is 0 Å². The molecule has 27 heavy (non-hydrogen) atoms. The highest BCUT2D eigenvalue weighted by Crippen LogP contribution is 2.17. The first-order valence-corrected chi connectivity index (χ1v) is 8.75. The van der Waals surface area contributed by atoms with Gasteiger partial charge >= 0.3 is 0 Å². The van der Waals surface area contributed by atoms with E-state index in [1.54, 1.807) is 37.8 Å².